The second-order valence-electron chi connectivity index (χ2n) is 12.3. The van der Waals surface area contributed by atoms with Crippen molar-refractivity contribution in [1.82, 2.24) is 19.5 Å². The Balaban J connectivity index is 1.25. The number of carbonyl (C=O) groups is 1. The molecule has 1 saturated heterocycles. The number of hydrogen-bond acceptors (Lipinski definition) is 6. The highest BCUT2D eigenvalue weighted by atomic mass is 35.5. The number of amides is 1. The molecule has 4 heterocycles. The number of aromatic nitrogens is 3. The van der Waals surface area contributed by atoms with Crippen LogP contribution >= 0.6 is 11.6 Å². The summed E-state index contributed by atoms with van der Waals surface area (Å²) in [5.74, 6) is -5.56. The van der Waals surface area contributed by atoms with E-state index in [4.69, 9.17) is 11.6 Å². The van der Waals surface area contributed by atoms with Gasteiger partial charge in [-0.2, -0.15) is 18.3 Å². The number of alkyl halides is 5. The molecule has 3 atom stereocenters. The van der Waals surface area contributed by atoms with E-state index in [-0.39, 0.29) is 52.5 Å². The third-order valence-corrected chi connectivity index (χ3v) is 10.6. The van der Waals surface area contributed by atoms with E-state index in [1.165, 1.54) is 53.3 Å². The smallest absolute Gasteiger partial charge is 0.342 e. The number of nitrogens with zero attached hydrogens (tertiary/aromatic N) is 5. The Labute approximate surface area is 249 Å². The van der Waals surface area contributed by atoms with Crippen molar-refractivity contribution in [3.05, 3.63) is 52.9 Å². The third-order valence-electron chi connectivity index (χ3n) is 9.32. The van der Waals surface area contributed by atoms with E-state index in [1.54, 1.807) is 0 Å². The Bertz CT molecular complexity index is 1720. The summed E-state index contributed by atoms with van der Waals surface area (Å²) in [5, 5.41) is 4.02. The highest BCUT2D eigenvalue weighted by Crippen LogP contribution is 2.72. The number of likely N-dealkylation sites (tertiary alicyclic amines) is 1. The zero-order valence-corrected chi connectivity index (χ0v) is 25.1. The molecule has 1 amide bonds. The van der Waals surface area contributed by atoms with Gasteiger partial charge in [0.15, 0.2) is 10.8 Å². The molecule has 15 heteroatoms. The number of benzene rings is 1. The SMILES string of the molecule is C[C@@]1(C(F)(F)F)CN(c2ccc([C@H]3C(F)(F)[C@]3(C)C(=O)N3CCC(CS(C)(=O)=O)CC3)cc2)c2cnc3cc(Cl)nn3c21. The number of carbonyl (C=O) groups excluding carboxylic acids is 1. The molecule has 232 valence electrons. The van der Waals surface area contributed by atoms with Crippen LogP contribution in [0.3, 0.4) is 0 Å². The zero-order valence-electron chi connectivity index (χ0n) is 23.5. The third kappa shape index (κ3) is 4.58. The van der Waals surface area contributed by atoms with Gasteiger partial charge < -0.3 is 9.80 Å². The predicted molar refractivity (Wildman–Crippen MR) is 150 cm³/mol. The molecule has 2 fully saturated rings. The lowest BCUT2D eigenvalue weighted by Crippen LogP contribution is -2.44. The summed E-state index contributed by atoms with van der Waals surface area (Å²) in [5.41, 5.74) is -3.59. The summed E-state index contributed by atoms with van der Waals surface area (Å²) in [6.07, 6.45) is -1.35. The molecule has 1 saturated carbocycles. The first-order chi connectivity index (χ1) is 19.9. The highest BCUT2D eigenvalue weighted by molar-refractivity contribution is 7.90. The van der Waals surface area contributed by atoms with Crippen LogP contribution in [0.5, 0.6) is 0 Å². The van der Waals surface area contributed by atoms with Crippen LogP contribution in [-0.4, -0.2) is 77.6 Å². The Morgan fingerprint density at radius 3 is 2.33 bits per heavy atom. The zero-order chi connectivity index (χ0) is 31.3. The molecule has 6 rings (SSSR count). The van der Waals surface area contributed by atoms with E-state index in [0.717, 1.165) is 17.7 Å². The Hall–Kier alpha value is -3.00. The van der Waals surface area contributed by atoms with Crippen molar-refractivity contribution in [2.24, 2.45) is 11.3 Å². The number of hydrogen-bond donors (Lipinski definition) is 0. The van der Waals surface area contributed by atoms with Gasteiger partial charge in [0.1, 0.15) is 20.7 Å². The molecule has 0 spiro atoms. The fraction of sp³-hybridized carbons (Fsp3) is 0.536. The normalized spacial score (nSPS) is 27.5. The van der Waals surface area contributed by atoms with E-state index in [1.807, 2.05) is 0 Å². The summed E-state index contributed by atoms with van der Waals surface area (Å²) in [4.78, 5) is 20.4. The average molecular weight is 646 g/mol. The molecule has 0 N–H and O–H groups in total. The maximum absolute atomic E-state index is 15.3. The number of rotatable bonds is 5. The first kappa shape index (κ1) is 30.0. The molecule has 0 bridgehead atoms. The van der Waals surface area contributed by atoms with Crippen molar-refractivity contribution >= 4 is 44.4 Å². The van der Waals surface area contributed by atoms with E-state index in [0.29, 0.717) is 18.5 Å². The maximum atomic E-state index is 15.3. The van der Waals surface area contributed by atoms with E-state index in [2.05, 4.69) is 10.1 Å². The van der Waals surface area contributed by atoms with Gasteiger partial charge in [0.05, 0.1) is 29.2 Å². The van der Waals surface area contributed by atoms with E-state index >= 15 is 8.78 Å². The molecule has 2 aliphatic heterocycles. The van der Waals surface area contributed by atoms with Gasteiger partial charge in [0.2, 0.25) is 5.91 Å². The monoisotopic (exact) mass is 645 g/mol. The van der Waals surface area contributed by atoms with Crippen molar-refractivity contribution in [3.63, 3.8) is 0 Å². The Morgan fingerprint density at radius 1 is 1.12 bits per heavy atom. The second-order valence-corrected chi connectivity index (χ2v) is 14.9. The molecule has 43 heavy (non-hydrogen) atoms. The lowest BCUT2D eigenvalue weighted by molar-refractivity contribution is -0.181. The maximum Gasteiger partial charge on any atom is 0.401 e. The first-order valence-corrected chi connectivity index (χ1v) is 16.2. The number of halogens is 6. The van der Waals surface area contributed by atoms with Crippen LogP contribution in [0.1, 0.15) is 43.9 Å². The lowest BCUT2D eigenvalue weighted by Gasteiger charge is -2.33. The summed E-state index contributed by atoms with van der Waals surface area (Å²) in [6, 6.07) is 7.14. The van der Waals surface area contributed by atoms with E-state index < -0.39 is 51.1 Å². The lowest BCUT2D eigenvalue weighted by atomic mass is 9.87. The first-order valence-electron chi connectivity index (χ1n) is 13.7. The molecule has 3 aliphatic rings. The minimum Gasteiger partial charge on any atom is -0.342 e. The van der Waals surface area contributed by atoms with Crippen molar-refractivity contribution < 1.29 is 35.2 Å². The van der Waals surface area contributed by atoms with Crippen molar-refractivity contribution in [2.45, 2.75) is 50.1 Å². The second kappa shape index (κ2) is 9.50. The van der Waals surface area contributed by atoms with Crippen LogP contribution in [0.25, 0.3) is 5.65 Å². The van der Waals surface area contributed by atoms with Crippen LogP contribution in [-0.2, 0) is 20.0 Å². The van der Waals surface area contributed by atoms with Crippen molar-refractivity contribution in [3.8, 4) is 0 Å². The molecule has 1 aromatic carbocycles. The van der Waals surface area contributed by atoms with Gasteiger partial charge in [-0.25, -0.2) is 26.7 Å². The highest BCUT2D eigenvalue weighted by Gasteiger charge is 2.82. The van der Waals surface area contributed by atoms with Gasteiger partial charge in [-0.15, -0.1) is 0 Å². The van der Waals surface area contributed by atoms with Gasteiger partial charge in [-0.1, -0.05) is 23.7 Å². The number of sulfone groups is 1. The van der Waals surface area contributed by atoms with Gasteiger partial charge in [0.25, 0.3) is 5.92 Å². The summed E-state index contributed by atoms with van der Waals surface area (Å²) < 4.78 is 98.3. The fourth-order valence-electron chi connectivity index (χ4n) is 6.79. The molecule has 3 aromatic rings. The standard InChI is InChI=1S/C28H29ClF5N5O3S/c1-25(28(32,33)34)15-38(19-13-35-21-12-20(29)36-39(21)23(19)25)18-6-4-17(5-7-18)22-26(2,27(22,30)31)24(40)37-10-8-16(9-11-37)14-43(3,41)42/h4-7,12-13,16,22H,8-11,14-15H2,1-3H3/t22-,25-,26+/m1/s1. The molecule has 8 nitrogen and oxygen atoms in total. The molecule has 1 aliphatic carbocycles. The van der Waals surface area contributed by atoms with E-state index in [9.17, 15) is 26.4 Å². The number of fused-ring (bicyclic) bond motifs is 3. The van der Waals surface area contributed by atoms with Crippen LogP contribution < -0.4 is 4.90 Å². The predicted octanol–water partition coefficient (Wildman–Crippen LogP) is 5.38. The molecular formula is C28H29ClF5N5O3S. The van der Waals surface area contributed by atoms with Gasteiger partial charge >= 0.3 is 6.18 Å². The van der Waals surface area contributed by atoms with Crippen LogP contribution in [0.4, 0.5) is 33.3 Å². The quantitative estimate of drug-likeness (QED) is 0.347. The van der Waals surface area contributed by atoms with Gasteiger partial charge in [-0.05, 0) is 50.3 Å². The Kier molecular flexibility index (Phi) is 6.64. The number of anilines is 2. The Morgan fingerprint density at radius 2 is 1.74 bits per heavy atom. The minimum atomic E-state index is -4.65. The van der Waals surface area contributed by atoms with Crippen LogP contribution in [0.15, 0.2) is 36.5 Å². The average Bonchev–Trinajstić information content (AvgIpc) is 3.18. The van der Waals surface area contributed by atoms with Gasteiger partial charge in [-0.3, -0.25) is 4.79 Å². The van der Waals surface area contributed by atoms with Crippen LogP contribution in [0.2, 0.25) is 5.15 Å². The molecule has 0 radical (unpaired) electrons. The van der Waals surface area contributed by atoms with Crippen molar-refractivity contribution in [2.75, 3.05) is 36.5 Å². The van der Waals surface area contributed by atoms with Crippen LogP contribution in [0, 0.1) is 11.3 Å². The number of piperidine rings is 1. The molecular weight excluding hydrogens is 617 g/mol. The summed E-state index contributed by atoms with van der Waals surface area (Å²) in [7, 11) is -3.19. The van der Waals surface area contributed by atoms with Crippen molar-refractivity contribution in [1.29, 1.82) is 0 Å². The summed E-state index contributed by atoms with van der Waals surface area (Å²) in [6.45, 7) is 2.21. The molecule has 2 aromatic heterocycles. The minimum absolute atomic E-state index is 0.00231. The molecule has 0 unspecified atom stereocenters. The summed E-state index contributed by atoms with van der Waals surface area (Å²) >= 11 is 5.97. The topological polar surface area (TPSA) is 87.9 Å². The fourth-order valence-corrected chi connectivity index (χ4v) is 8.15. The largest absolute Gasteiger partial charge is 0.401 e. The van der Waals surface area contributed by atoms with Gasteiger partial charge in [0, 0.05) is 37.6 Å².